The van der Waals surface area contributed by atoms with Crippen LogP contribution in [0.1, 0.15) is 94.1 Å². The number of halogens is 2. The number of para-hydroxylation sites is 1. The number of piperidine rings is 3. The molecule has 0 saturated carbocycles. The van der Waals surface area contributed by atoms with Crippen molar-refractivity contribution in [3.63, 3.8) is 0 Å². The molecule has 7 aromatic rings. The summed E-state index contributed by atoms with van der Waals surface area (Å²) in [6.45, 7) is 19.4. The Morgan fingerprint density at radius 1 is 0.815 bits per heavy atom. The van der Waals surface area contributed by atoms with E-state index in [2.05, 4.69) is 137 Å². The highest BCUT2D eigenvalue weighted by Gasteiger charge is 2.55. The first kappa shape index (κ1) is 62.9. The number of carbonyl (C=O) groups is 2. The number of esters is 1. The van der Waals surface area contributed by atoms with Gasteiger partial charge in [-0.15, -0.1) is 13.2 Å². The molecule has 6 aromatic carbocycles. The topological polar surface area (TPSA) is 143 Å². The van der Waals surface area contributed by atoms with Crippen molar-refractivity contribution in [1.29, 1.82) is 0 Å². The number of rotatable bonds is 16. The summed E-state index contributed by atoms with van der Waals surface area (Å²) in [6.07, 6.45) is 14.0. The average molecular weight is 1270 g/mol. The van der Waals surface area contributed by atoms with Crippen LogP contribution in [0.4, 0.5) is 0 Å². The summed E-state index contributed by atoms with van der Waals surface area (Å²) in [4.78, 5) is 31.4. The van der Waals surface area contributed by atoms with E-state index in [4.69, 9.17) is 29.8 Å². The molecule has 1 aromatic heterocycles. The fourth-order valence-corrected chi connectivity index (χ4v) is 12.6. The van der Waals surface area contributed by atoms with Crippen LogP contribution in [0.25, 0.3) is 32.4 Å². The number of alkyl halides is 1. The van der Waals surface area contributed by atoms with Crippen LogP contribution in [0, 0.1) is 11.8 Å². The Morgan fingerprint density at radius 2 is 1.40 bits per heavy atom. The number of ether oxygens (including phenoxy) is 4. The highest BCUT2D eigenvalue weighted by Crippen LogP contribution is 2.50. The molecule has 5 saturated heterocycles. The summed E-state index contributed by atoms with van der Waals surface area (Å²) in [5.41, 5.74) is 11.3. The van der Waals surface area contributed by atoms with Gasteiger partial charge in [-0.3, -0.25) is 19.6 Å². The second kappa shape index (κ2) is 30.6. The van der Waals surface area contributed by atoms with E-state index in [1.165, 1.54) is 57.3 Å². The Kier molecular flexibility index (Phi) is 23.8. The van der Waals surface area contributed by atoms with E-state index in [1.807, 2.05) is 93.7 Å². The van der Waals surface area contributed by atoms with Gasteiger partial charge in [0, 0.05) is 64.7 Å². The first-order valence-corrected chi connectivity index (χ1v) is 29.9. The predicted octanol–water partition coefficient (Wildman–Crippen LogP) is 10.8. The predicted molar refractivity (Wildman–Crippen MR) is 332 cm³/mol. The zero-order valence-corrected chi connectivity index (χ0v) is 51.0. The number of carboxylic acids is 1. The van der Waals surface area contributed by atoms with Crippen molar-refractivity contribution in [1.82, 2.24) is 4.98 Å². The van der Waals surface area contributed by atoms with Crippen molar-refractivity contribution in [2.75, 3.05) is 43.9 Å². The zero-order chi connectivity index (χ0) is 56.5. The van der Waals surface area contributed by atoms with Crippen molar-refractivity contribution in [3.8, 4) is 0 Å². The molecule has 11 nitrogen and oxygen atoms in total. The molecule has 5 aliphatic heterocycles. The van der Waals surface area contributed by atoms with Gasteiger partial charge in [-0.1, -0.05) is 162 Å². The lowest BCUT2D eigenvalue weighted by atomic mass is 9.70. The third-order valence-corrected chi connectivity index (χ3v) is 16.7. The van der Waals surface area contributed by atoms with Gasteiger partial charge in [0.25, 0.3) is 0 Å². The molecule has 5 fully saturated rings. The Morgan fingerprint density at radius 3 is 1.94 bits per heavy atom. The van der Waals surface area contributed by atoms with Gasteiger partial charge >= 0.3 is 11.9 Å². The van der Waals surface area contributed by atoms with Gasteiger partial charge in [0.05, 0.1) is 43.1 Å². The number of hydrogen-bond acceptors (Lipinski definition) is 9. The lowest BCUT2D eigenvalue weighted by Gasteiger charge is -2.58. The number of benzene rings is 6. The average Bonchev–Trinajstić information content (AvgIpc) is 4.35. The number of carboxylic acid groups (broad SMARTS) is 1. The molecule has 428 valence electrons. The van der Waals surface area contributed by atoms with Gasteiger partial charge in [0.15, 0.2) is 0 Å². The minimum atomic E-state index is -0.944. The number of carbonyl (C=O) groups excluding carboxylic acids is 1. The molecule has 5 aliphatic rings. The van der Waals surface area contributed by atoms with Crippen molar-refractivity contribution in [2.45, 2.75) is 108 Å². The smallest absolute Gasteiger partial charge is 0.328 e. The molecule has 0 radical (unpaired) electrons. The first-order valence-electron chi connectivity index (χ1n) is 28.4. The van der Waals surface area contributed by atoms with Crippen molar-refractivity contribution in [3.05, 3.63) is 199 Å². The Bertz CT molecular complexity index is 3080. The zero-order valence-electron chi connectivity index (χ0n) is 47.2. The summed E-state index contributed by atoms with van der Waals surface area (Å²) in [5, 5.41) is 15.0. The summed E-state index contributed by atoms with van der Waals surface area (Å²) in [6, 6.07) is 50.1. The van der Waals surface area contributed by atoms with E-state index >= 15 is 0 Å². The van der Waals surface area contributed by atoms with E-state index in [0.29, 0.717) is 37.0 Å². The summed E-state index contributed by atoms with van der Waals surface area (Å²) < 4.78 is 24.8. The fourth-order valence-electron chi connectivity index (χ4n) is 11.9. The van der Waals surface area contributed by atoms with E-state index in [0.717, 1.165) is 83.4 Å². The quantitative estimate of drug-likeness (QED) is 0.0184. The lowest BCUT2D eigenvalue weighted by molar-refractivity contribution is -0.984. The Labute approximate surface area is 503 Å². The van der Waals surface area contributed by atoms with Gasteiger partial charge in [0.2, 0.25) is 0 Å². The molecule has 0 amide bonds. The maximum absolute atomic E-state index is 11.9. The second-order valence-corrected chi connectivity index (χ2v) is 23.3. The molecule has 13 heteroatoms. The molecule has 8 atom stereocenters. The van der Waals surface area contributed by atoms with Gasteiger partial charge in [-0.05, 0) is 104 Å². The molecule has 6 heterocycles. The van der Waals surface area contributed by atoms with E-state index in [9.17, 15) is 9.59 Å². The van der Waals surface area contributed by atoms with Gasteiger partial charge < -0.3 is 51.3 Å². The number of aliphatic carboxylic acids is 1. The van der Waals surface area contributed by atoms with Crippen molar-refractivity contribution in [2.24, 2.45) is 22.6 Å². The van der Waals surface area contributed by atoms with E-state index < -0.39 is 17.6 Å². The molecular weight excluding hydrogens is 1190 g/mol. The Balaban J connectivity index is 0.000000192. The van der Waals surface area contributed by atoms with Gasteiger partial charge in [0.1, 0.15) is 36.9 Å². The number of pyridine rings is 1. The normalized spacial score (nSPS) is 21.6. The minimum absolute atomic E-state index is 0. The Hall–Kier alpha value is -5.65. The number of hydrogen-bond donors (Lipinski definition) is 2. The second-order valence-electron chi connectivity index (χ2n) is 22.4. The summed E-state index contributed by atoms with van der Waals surface area (Å²) >= 11 is 2.36. The minimum Gasteiger partial charge on any atom is -1.00 e. The number of aromatic nitrogens is 1. The van der Waals surface area contributed by atoms with Crippen LogP contribution in [-0.2, 0) is 35.1 Å². The molecular formula is C68H80BrIN4O7. The summed E-state index contributed by atoms with van der Waals surface area (Å²) in [7, 11) is 0. The maximum atomic E-state index is 11.9. The van der Waals surface area contributed by atoms with Gasteiger partial charge in [-0.25, -0.2) is 0 Å². The maximum Gasteiger partial charge on any atom is 0.328 e. The number of quaternary nitrogens is 1. The van der Waals surface area contributed by atoms with E-state index in [-0.39, 0.29) is 41.7 Å². The standard InChI is InChI=1S/C37H37N2O.C19H21NO2.C7H13NO3.C5H9IO.BrH/c1-3-21-40-37(33-17-19-38-35-16-10-9-15-32(33)35)36-23-27-18-20-39(36,24-26(27)4-2)25-34-30-13-7-5-11-28(30)22-29-12-6-8-14-31(29)34;1-19(2,3)22-17(21)14-20-18(15-10-6-4-7-11-15)16-12-8-5-9-13-16;8-6(7(9)10)4-5-2-1-3-11-5;6-4-5-2-1-3-7-5;/h3-17,19,22,26-27,36-37H,1-2,18,20-21,23-25H2;4-13H,14H2,1-3H3;5-6H,1-4,8H2,(H,9,10);5H,1-4H2;1H/q+1;;;;/p-1/t26-,27?,36+,37+,39?;;5-,6+;5-;/m0.11./s1. The largest absolute Gasteiger partial charge is 1.00 e. The van der Waals surface area contributed by atoms with Crippen LogP contribution >= 0.6 is 22.6 Å². The number of aliphatic imine (C=N–C) groups is 1. The van der Waals surface area contributed by atoms with Crippen LogP contribution < -0.4 is 22.7 Å². The van der Waals surface area contributed by atoms with Crippen LogP contribution in [0.3, 0.4) is 0 Å². The first-order chi connectivity index (χ1) is 38.8. The molecule has 0 aliphatic carbocycles. The van der Waals surface area contributed by atoms with Crippen LogP contribution in [0.5, 0.6) is 0 Å². The molecule has 2 bridgehead atoms. The van der Waals surface area contributed by atoms with Crippen LogP contribution in [-0.4, -0.2) is 106 Å². The third kappa shape index (κ3) is 17.0. The van der Waals surface area contributed by atoms with Gasteiger partial charge in [-0.2, -0.15) is 0 Å². The molecule has 3 N–H and O–H groups in total. The molecule has 12 rings (SSSR count). The highest BCUT2D eigenvalue weighted by molar-refractivity contribution is 14.1. The third-order valence-electron chi connectivity index (χ3n) is 15.7. The van der Waals surface area contributed by atoms with Crippen molar-refractivity contribution >= 4 is 72.7 Å². The number of fused-ring (bicyclic) bond motifs is 6. The fraction of sp³-hybridized carbons (Fsp3) is 0.382. The number of nitrogens with two attached hydrogens (primary N) is 1. The van der Waals surface area contributed by atoms with E-state index in [1.54, 1.807) is 0 Å². The van der Waals surface area contributed by atoms with Crippen LogP contribution in [0.2, 0.25) is 0 Å². The monoisotopic (exact) mass is 1270 g/mol. The number of nitrogens with zero attached hydrogens (tertiary/aromatic N) is 3. The molecule has 2 unspecified atom stereocenters. The SMILES string of the molecule is C=CCO[C@H](c1ccnc2ccccc12)[C@H]1CC2CC[N+]1(Cc1c3ccccc3cc3ccccc13)C[C@@H]2C=C.CC(C)(C)OC(=O)CN=C(c1ccccc1)c1ccccc1.IC[C@H]1CCCO1.N[C@@H](C[C@H]1CCCO1)C(=O)O.[Br-]. The molecule has 0 spiro atoms. The molecule has 81 heavy (non-hydrogen) atoms. The summed E-state index contributed by atoms with van der Waals surface area (Å²) in [5.74, 6) is -0.0902. The van der Waals surface area contributed by atoms with Crippen LogP contribution in [0.15, 0.2) is 182 Å². The van der Waals surface area contributed by atoms with Crippen molar-refractivity contribution < 1.29 is 55.1 Å². The highest BCUT2D eigenvalue weighted by atomic mass is 127. The lowest BCUT2D eigenvalue weighted by Crippen LogP contribution is -3.00.